The maximum Gasteiger partial charge on any atom is 0.252 e. The Labute approximate surface area is 152 Å². The van der Waals surface area contributed by atoms with Crippen LogP contribution in [0.1, 0.15) is 40.5 Å². The molecule has 1 aromatic heterocycles. The van der Waals surface area contributed by atoms with Crippen LogP contribution >= 0.6 is 0 Å². The van der Waals surface area contributed by atoms with Gasteiger partial charge in [0.1, 0.15) is 13.2 Å². The Morgan fingerprint density at radius 1 is 1.23 bits per heavy atom. The summed E-state index contributed by atoms with van der Waals surface area (Å²) >= 11 is 0. The maximum atomic E-state index is 13.0. The van der Waals surface area contributed by atoms with Gasteiger partial charge in [0.15, 0.2) is 11.5 Å². The van der Waals surface area contributed by atoms with Gasteiger partial charge in [-0.2, -0.15) is 0 Å². The second-order valence-corrected chi connectivity index (χ2v) is 6.90. The normalized spacial score (nSPS) is 22.2. The molecule has 0 saturated heterocycles. The fourth-order valence-corrected chi connectivity index (χ4v) is 3.55. The van der Waals surface area contributed by atoms with Crippen molar-refractivity contribution in [1.82, 2.24) is 10.3 Å². The van der Waals surface area contributed by atoms with E-state index in [0.717, 1.165) is 11.3 Å². The molecule has 1 saturated carbocycles. The van der Waals surface area contributed by atoms with Crippen molar-refractivity contribution in [2.75, 3.05) is 13.2 Å². The summed E-state index contributed by atoms with van der Waals surface area (Å²) in [7, 11) is 0. The highest BCUT2D eigenvalue weighted by atomic mass is 16.6. The molecule has 26 heavy (non-hydrogen) atoms. The van der Waals surface area contributed by atoms with E-state index in [2.05, 4.69) is 10.3 Å². The van der Waals surface area contributed by atoms with E-state index in [4.69, 9.17) is 9.47 Å². The molecule has 1 aliphatic carbocycles. The summed E-state index contributed by atoms with van der Waals surface area (Å²) in [6.07, 6.45) is 2.77. The van der Waals surface area contributed by atoms with Crippen LogP contribution in [0, 0.1) is 12.8 Å². The predicted octanol–water partition coefficient (Wildman–Crippen LogP) is 2.40. The molecule has 6 nitrogen and oxygen atoms in total. The van der Waals surface area contributed by atoms with Crippen LogP contribution in [0.15, 0.2) is 36.5 Å². The number of hydrogen-bond donors (Lipinski definition) is 2. The Balaban J connectivity index is 1.59. The van der Waals surface area contributed by atoms with Crippen molar-refractivity contribution in [1.29, 1.82) is 0 Å². The molecule has 1 amide bonds. The van der Waals surface area contributed by atoms with Gasteiger partial charge in [-0.1, -0.05) is 6.07 Å². The molecule has 1 fully saturated rings. The highest BCUT2D eigenvalue weighted by Crippen LogP contribution is 2.38. The van der Waals surface area contributed by atoms with Crippen LogP contribution in [0.2, 0.25) is 0 Å². The molecule has 2 N–H and O–H groups in total. The molecule has 136 valence electrons. The minimum atomic E-state index is -0.292. The highest BCUT2D eigenvalue weighted by molar-refractivity contribution is 5.96. The predicted molar refractivity (Wildman–Crippen MR) is 95.3 cm³/mol. The average molecular weight is 354 g/mol. The van der Waals surface area contributed by atoms with E-state index in [-0.39, 0.29) is 24.0 Å². The highest BCUT2D eigenvalue weighted by Gasteiger charge is 2.36. The molecule has 1 aliphatic heterocycles. The van der Waals surface area contributed by atoms with Crippen molar-refractivity contribution in [3.63, 3.8) is 0 Å². The van der Waals surface area contributed by atoms with Gasteiger partial charge in [0.25, 0.3) is 5.91 Å². The zero-order valence-corrected chi connectivity index (χ0v) is 14.6. The molecule has 2 aliphatic rings. The maximum absolute atomic E-state index is 13.0. The van der Waals surface area contributed by atoms with Crippen LogP contribution in [0.5, 0.6) is 11.5 Å². The third kappa shape index (κ3) is 3.24. The molecule has 4 rings (SSSR count). The third-order valence-corrected chi connectivity index (χ3v) is 5.05. The Bertz CT molecular complexity index is 803. The number of carbonyl (C=O) groups excluding carboxylic acids is 1. The van der Waals surface area contributed by atoms with E-state index in [0.29, 0.717) is 43.1 Å². The van der Waals surface area contributed by atoms with Gasteiger partial charge in [0.05, 0.1) is 17.8 Å². The summed E-state index contributed by atoms with van der Waals surface area (Å²) in [5.74, 6) is 1.28. The van der Waals surface area contributed by atoms with E-state index in [1.165, 1.54) is 0 Å². The Kier molecular flexibility index (Phi) is 4.51. The van der Waals surface area contributed by atoms with Crippen LogP contribution in [0.4, 0.5) is 0 Å². The summed E-state index contributed by atoms with van der Waals surface area (Å²) in [6, 6.07) is 9.03. The number of carbonyl (C=O) groups is 1. The number of nitrogens with one attached hydrogen (secondary N) is 1. The molecule has 2 heterocycles. The smallest absolute Gasteiger partial charge is 0.252 e. The van der Waals surface area contributed by atoms with Crippen molar-refractivity contribution < 1.29 is 19.4 Å². The first-order chi connectivity index (χ1) is 12.6. The summed E-state index contributed by atoms with van der Waals surface area (Å²) in [5, 5.41) is 12.8. The quantitative estimate of drug-likeness (QED) is 0.881. The van der Waals surface area contributed by atoms with Crippen molar-refractivity contribution in [3.8, 4) is 11.5 Å². The second-order valence-electron chi connectivity index (χ2n) is 6.90. The van der Waals surface area contributed by atoms with Crippen LogP contribution < -0.4 is 14.8 Å². The fraction of sp³-hybridized carbons (Fsp3) is 0.400. The van der Waals surface area contributed by atoms with E-state index >= 15 is 0 Å². The number of rotatable bonds is 4. The number of nitrogens with zero attached hydrogens (tertiary/aromatic N) is 1. The molecule has 0 unspecified atom stereocenters. The number of pyridine rings is 1. The lowest BCUT2D eigenvalue weighted by Crippen LogP contribution is -2.42. The number of aliphatic hydroxyl groups is 1. The molecule has 1 aromatic carbocycles. The van der Waals surface area contributed by atoms with Crippen molar-refractivity contribution in [2.45, 2.75) is 31.9 Å². The largest absolute Gasteiger partial charge is 0.486 e. The summed E-state index contributed by atoms with van der Waals surface area (Å²) < 4.78 is 11.2. The van der Waals surface area contributed by atoms with Crippen LogP contribution in [0.3, 0.4) is 0 Å². The molecule has 6 heteroatoms. The van der Waals surface area contributed by atoms with Crippen LogP contribution in [-0.4, -0.2) is 35.3 Å². The SMILES string of the molecule is Cc1cc2c(cc1C(=O)N[C@H](c1ccccn1)C1CC(O)C1)OCCO2. The van der Waals surface area contributed by atoms with Gasteiger partial charge >= 0.3 is 0 Å². The van der Waals surface area contributed by atoms with E-state index < -0.39 is 0 Å². The average Bonchev–Trinajstić information content (AvgIpc) is 2.64. The van der Waals surface area contributed by atoms with E-state index in [1.807, 2.05) is 31.2 Å². The minimum Gasteiger partial charge on any atom is -0.486 e. The van der Waals surface area contributed by atoms with E-state index in [9.17, 15) is 9.90 Å². The first-order valence-electron chi connectivity index (χ1n) is 8.92. The molecular weight excluding hydrogens is 332 g/mol. The number of aryl methyl sites for hydroxylation is 1. The Morgan fingerprint density at radius 3 is 2.62 bits per heavy atom. The third-order valence-electron chi connectivity index (χ3n) is 5.05. The summed E-state index contributed by atoms with van der Waals surface area (Å²) in [6.45, 7) is 2.88. The molecule has 0 spiro atoms. The molecule has 1 atom stereocenters. The number of aromatic nitrogens is 1. The lowest BCUT2D eigenvalue weighted by atomic mass is 9.76. The zero-order chi connectivity index (χ0) is 18.1. The molecule has 2 aromatic rings. The first-order valence-corrected chi connectivity index (χ1v) is 8.92. The summed E-state index contributed by atoms with van der Waals surface area (Å²) in [4.78, 5) is 17.4. The molecule has 0 bridgehead atoms. The zero-order valence-electron chi connectivity index (χ0n) is 14.6. The van der Waals surface area contributed by atoms with E-state index in [1.54, 1.807) is 12.3 Å². The number of benzene rings is 1. The summed E-state index contributed by atoms with van der Waals surface area (Å²) in [5.41, 5.74) is 2.21. The number of fused-ring (bicyclic) bond motifs is 1. The molecular formula is C20H22N2O4. The van der Waals surface area contributed by atoms with Crippen molar-refractivity contribution >= 4 is 5.91 Å². The number of amides is 1. The van der Waals surface area contributed by atoms with Gasteiger partial charge in [-0.15, -0.1) is 0 Å². The minimum absolute atomic E-state index is 0.170. The molecule has 0 radical (unpaired) electrons. The second kappa shape index (κ2) is 6.96. The monoisotopic (exact) mass is 354 g/mol. The van der Waals surface area contributed by atoms with Gasteiger partial charge in [-0.3, -0.25) is 9.78 Å². The number of ether oxygens (including phenoxy) is 2. The van der Waals surface area contributed by atoms with Gasteiger partial charge < -0.3 is 19.9 Å². The standard InChI is InChI=1S/C20H22N2O4/c1-12-8-17-18(26-7-6-25-17)11-15(12)20(24)22-19(13-9-14(23)10-13)16-4-2-3-5-21-16/h2-5,8,11,13-14,19,23H,6-7,9-10H2,1H3,(H,22,24)/t13?,14?,19-/m0/s1. The van der Waals surface area contributed by atoms with Crippen LogP contribution in [-0.2, 0) is 0 Å². The van der Waals surface area contributed by atoms with Crippen molar-refractivity contribution in [2.24, 2.45) is 5.92 Å². The lowest BCUT2D eigenvalue weighted by molar-refractivity contribution is 0.0228. The van der Waals surface area contributed by atoms with Gasteiger partial charge in [0.2, 0.25) is 0 Å². The van der Waals surface area contributed by atoms with Crippen molar-refractivity contribution in [3.05, 3.63) is 53.3 Å². The van der Waals surface area contributed by atoms with Gasteiger partial charge in [-0.25, -0.2) is 0 Å². The topological polar surface area (TPSA) is 80.7 Å². The fourth-order valence-electron chi connectivity index (χ4n) is 3.55. The number of hydrogen-bond acceptors (Lipinski definition) is 5. The van der Waals surface area contributed by atoms with Crippen LogP contribution in [0.25, 0.3) is 0 Å². The Hall–Kier alpha value is -2.60. The Morgan fingerprint density at radius 2 is 1.96 bits per heavy atom. The van der Waals surface area contributed by atoms with Gasteiger partial charge in [-0.05, 0) is 55.5 Å². The lowest BCUT2D eigenvalue weighted by Gasteiger charge is -2.37. The number of aliphatic hydroxyl groups excluding tert-OH is 1. The first kappa shape index (κ1) is 16.8. The van der Waals surface area contributed by atoms with Gasteiger partial charge in [0, 0.05) is 11.8 Å².